The Labute approximate surface area is 114 Å². The quantitative estimate of drug-likeness (QED) is 0.852. The van der Waals surface area contributed by atoms with E-state index in [1.165, 1.54) is 11.3 Å². The summed E-state index contributed by atoms with van der Waals surface area (Å²) in [5, 5.41) is 4.17. The molecule has 0 atom stereocenters. The molecular weight excluding hydrogens is 266 g/mol. The highest BCUT2D eigenvalue weighted by atomic mass is 35.5. The van der Waals surface area contributed by atoms with E-state index >= 15 is 0 Å². The van der Waals surface area contributed by atoms with E-state index in [4.69, 9.17) is 11.6 Å². The Morgan fingerprint density at radius 1 is 1.19 bits per heavy atom. The molecule has 0 aliphatic carbocycles. The number of nitrogens with one attached hydrogen (secondary N) is 1. The third-order valence-corrected chi connectivity index (χ3v) is 2.86. The van der Waals surface area contributed by atoms with Crippen LogP contribution in [0.3, 0.4) is 0 Å². The lowest BCUT2D eigenvalue weighted by Gasteiger charge is -2.30. The van der Waals surface area contributed by atoms with E-state index in [1.54, 1.807) is 0 Å². The first-order valence-corrected chi connectivity index (χ1v) is 5.37. The summed E-state index contributed by atoms with van der Waals surface area (Å²) >= 11 is 5.99. The maximum absolute atomic E-state index is 5.99. The van der Waals surface area contributed by atoms with E-state index in [2.05, 4.69) is 29.3 Å². The van der Waals surface area contributed by atoms with E-state index < -0.39 is 0 Å². The second-order valence-electron chi connectivity index (χ2n) is 3.67. The van der Waals surface area contributed by atoms with E-state index in [0.717, 1.165) is 31.2 Å². The number of piperazine rings is 1. The van der Waals surface area contributed by atoms with Gasteiger partial charge in [0.05, 0.1) is 0 Å². The lowest BCUT2D eigenvalue weighted by atomic mass is 10.1. The van der Waals surface area contributed by atoms with Crippen molar-refractivity contribution in [2.75, 3.05) is 31.1 Å². The van der Waals surface area contributed by atoms with Crippen molar-refractivity contribution in [1.82, 2.24) is 5.32 Å². The monoisotopic (exact) mass is 282 g/mol. The standard InChI is InChI=1S/C11H15ClN2.2ClH/c1-9-2-3-10(12)8-11(9)14-6-4-13-5-7-14;;/h2-3,8,13H,4-7H2,1H3;2*1H. The van der Waals surface area contributed by atoms with Crippen LogP contribution in [0.25, 0.3) is 0 Å². The molecule has 2 nitrogen and oxygen atoms in total. The van der Waals surface area contributed by atoms with Crippen LogP contribution in [-0.2, 0) is 0 Å². The molecule has 92 valence electrons. The molecular formula is C11H17Cl3N2. The van der Waals surface area contributed by atoms with Gasteiger partial charge in [0.15, 0.2) is 0 Å². The Hall–Kier alpha value is -0.150. The average Bonchev–Trinajstić information content (AvgIpc) is 2.23. The SMILES string of the molecule is Cc1ccc(Cl)cc1N1CCNCC1.Cl.Cl. The molecule has 0 aromatic heterocycles. The summed E-state index contributed by atoms with van der Waals surface area (Å²) in [6, 6.07) is 6.09. The Bertz CT molecular complexity index is 325. The van der Waals surface area contributed by atoms with Crippen LogP contribution in [0, 0.1) is 6.92 Å². The molecule has 1 aromatic carbocycles. The molecule has 16 heavy (non-hydrogen) atoms. The van der Waals surface area contributed by atoms with Crippen molar-refractivity contribution in [3.05, 3.63) is 28.8 Å². The molecule has 1 fully saturated rings. The number of rotatable bonds is 1. The van der Waals surface area contributed by atoms with Gasteiger partial charge in [-0.05, 0) is 24.6 Å². The molecule has 0 amide bonds. The molecule has 1 aromatic rings. The topological polar surface area (TPSA) is 15.3 Å². The zero-order chi connectivity index (χ0) is 9.97. The van der Waals surface area contributed by atoms with Crippen LogP contribution in [0.15, 0.2) is 18.2 Å². The summed E-state index contributed by atoms with van der Waals surface area (Å²) in [4.78, 5) is 2.39. The molecule has 0 saturated carbocycles. The van der Waals surface area contributed by atoms with E-state index in [1.807, 2.05) is 6.07 Å². The first kappa shape index (κ1) is 15.9. The second-order valence-corrected chi connectivity index (χ2v) is 4.10. The lowest BCUT2D eigenvalue weighted by molar-refractivity contribution is 0.588. The van der Waals surface area contributed by atoms with Gasteiger partial charge in [0.2, 0.25) is 0 Å². The highest BCUT2D eigenvalue weighted by Gasteiger charge is 2.12. The van der Waals surface area contributed by atoms with E-state index in [-0.39, 0.29) is 24.8 Å². The Morgan fingerprint density at radius 2 is 1.81 bits per heavy atom. The Morgan fingerprint density at radius 3 is 2.44 bits per heavy atom. The summed E-state index contributed by atoms with van der Waals surface area (Å²) < 4.78 is 0. The van der Waals surface area contributed by atoms with Gasteiger partial charge >= 0.3 is 0 Å². The maximum Gasteiger partial charge on any atom is 0.0426 e. The summed E-state index contributed by atoms with van der Waals surface area (Å²) in [5.74, 6) is 0. The van der Waals surface area contributed by atoms with Gasteiger partial charge in [0.25, 0.3) is 0 Å². The van der Waals surface area contributed by atoms with Gasteiger partial charge in [-0.25, -0.2) is 0 Å². The maximum atomic E-state index is 5.99. The molecule has 1 heterocycles. The fourth-order valence-electron chi connectivity index (χ4n) is 1.83. The molecule has 1 N–H and O–H groups in total. The van der Waals surface area contributed by atoms with Gasteiger partial charge in [-0.15, -0.1) is 24.8 Å². The normalized spacial score (nSPS) is 15.0. The number of nitrogens with zero attached hydrogens (tertiary/aromatic N) is 1. The van der Waals surface area contributed by atoms with Gasteiger partial charge in [0.1, 0.15) is 0 Å². The van der Waals surface area contributed by atoms with Crippen molar-refractivity contribution < 1.29 is 0 Å². The zero-order valence-electron chi connectivity index (χ0n) is 9.20. The van der Waals surface area contributed by atoms with Gasteiger partial charge in [-0.1, -0.05) is 17.7 Å². The number of anilines is 1. The summed E-state index contributed by atoms with van der Waals surface area (Å²) in [5.41, 5.74) is 2.58. The van der Waals surface area contributed by atoms with Crippen molar-refractivity contribution in [2.45, 2.75) is 6.92 Å². The number of aryl methyl sites for hydroxylation is 1. The van der Waals surface area contributed by atoms with Crippen LogP contribution >= 0.6 is 36.4 Å². The van der Waals surface area contributed by atoms with Crippen molar-refractivity contribution in [1.29, 1.82) is 0 Å². The number of halogens is 3. The van der Waals surface area contributed by atoms with E-state index in [0.29, 0.717) is 0 Å². The van der Waals surface area contributed by atoms with Crippen LogP contribution < -0.4 is 10.2 Å². The minimum absolute atomic E-state index is 0. The first-order chi connectivity index (χ1) is 6.77. The Kier molecular flexibility index (Phi) is 7.16. The predicted molar refractivity (Wildman–Crippen MR) is 75.8 cm³/mol. The summed E-state index contributed by atoms with van der Waals surface area (Å²) in [6.07, 6.45) is 0. The number of hydrogen-bond donors (Lipinski definition) is 1. The highest BCUT2D eigenvalue weighted by Crippen LogP contribution is 2.24. The van der Waals surface area contributed by atoms with Crippen LogP contribution in [0.5, 0.6) is 0 Å². The third kappa shape index (κ3) is 3.70. The highest BCUT2D eigenvalue weighted by molar-refractivity contribution is 6.30. The fraction of sp³-hybridized carbons (Fsp3) is 0.455. The summed E-state index contributed by atoms with van der Waals surface area (Å²) in [6.45, 7) is 6.40. The van der Waals surface area contributed by atoms with Crippen molar-refractivity contribution in [3.8, 4) is 0 Å². The van der Waals surface area contributed by atoms with Gasteiger partial charge in [0, 0.05) is 36.9 Å². The molecule has 1 aliphatic heterocycles. The Balaban J connectivity index is 0.00000112. The van der Waals surface area contributed by atoms with Crippen molar-refractivity contribution in [2.24, 2.45) is 0 Å². The van der Waals surface area contributed by atoms with Crippen LogP contribution in [0.4, 0.5) is 5.69 Å². The lowest BCUT2D eigenvalue weighted by Crippen LogP contribution is -2.43. The minimum Gasteiger partial charge on any atom is -0.369 e. The van der Waals surface area contributed by atoms with Gasteiger partial charge < -0.3 is 10.2 Å². The molecule has 0 spiro atoms. The molecule has 0 radical (unpaired) electrons. The molecule has 1 saturated heterocycles. The minimum atomic E-state index is 0. The number of hydrogen-bond acceptors (Lipinski definition) is 2. The molecule has 1 aliphatic rings. The zero-order valence-corrected chi connectivity index (χ0v) is 11.6. The van der Waals surface area contributed by atoms with Crippen LogP contribution in [-0.4, -0.2) is 26.2 Å². The van der Waals surface area contributed by atoms with Crippen molar-refractivity contribution >= 4 is 42.1 Å². The van der Waals surface area contributed by atoms with Crippen LogP contribution in [0.1, 0.15) is 5.56 Å². The number of benzene rings is 1. The van der Waals surface area contributed by atoms with Gasteiger partial charge in [-0.2, -0.15) is 0 Å². The molecule has 0 bridgehead atoms. The van der Waals surface area contributed by atoms with E-state index in [9.17, 15) is 0 Å². The van der Waals surface area contributed by atoms with Crippen molar-refractivity contribution in [3.63, 3.8) is 0 Å². The molecule has 2 rings (SSSR count). The first-order valence-electron chi connectivity index (χ1n) is 4.99. The largest absolute Gasteiger partial charge is 0.369 e. The fourth-order valence-corrected chi connectivity index (χ4v) is 2.00. The van der Waals surface area contributed by atoms with Crippen LogP contribution in [0.2, 0.25) is 5.02 Å². The molecule has 0 unspecified atom stereocenters. The smallest absolute Gasteiger partial charge is 0.0426 e. The third-order valence-electron chi connectivity index (χ3n) is 2.63. The molecule has 5 heteroatoms. The van der Waals surface area contributed by atoms with Gasteiger partial charge in [-0.3, -0.25) is 0 Å². The average molecular weight is 284 g/mol. The predicted octanol–water partition coefficient (Wildman–Crippen LogP) is 2.90. The second kappa shape index (κ2) is 7.23. The summed E-state index contributed by atoms with van der Waals surface area (Å²) in [7, 11) is 0.